The molecule has 8 heteroatoms. The number of hydrogen-bond acceptors (Lipinski definition) is 4. The molecule has 34 heavy (non-hydrogen) atoms. The summed E-state index contributed by atoms with van der Waals surface area (Å²) in [6, 6.07) is 13.5. The highest BCUT2D eigenvalue weighted by Crippen LogP contribution is 2.35. The lowest BCUT2D eigenvalue weighted by atomic mass is 9.96. The van der Waals surface area contributed by atoms with Crippen molar-refractivity contribution in [3.63, 3.8) is 0 Å². The van der Waals surface area contributed by atoms with Crippen LogP contribution in [0.2, 0.25) is 0 Å². The van der Waals surface area contributed by atoms with E-state index in [1.54, 1.807) is 10.4 Å². The Morgan fingerprint density at radius 1 is 0.941 bits per heavy atom. The second-order valence-corrected chi connectivity index (χ2v) is 11.7. The number of sulfonamides is 1. The van der Waals surface area contributed by atoms with Crippen molar-refractivity contribution in [1.29, 1.82) is 0 Å². The fraction of sp³-hybridized carbons (Fsp3) is 0.462. The van der Waals surface area contributed by atoms with E-state index in [9.17, 15) is 13.2 Å². The zero-order valence-corrected chi connectivity index (χ0v) is 20.1. The summed E-state index contributed by atoms with van der Waals surface area (Å²) in [5.74, 6) is 0.845. The zero-order valence-electron chi connectivity index (χ0n) is 19.2. The fourth-order valence-electron chi connectivity index (χ4n) is 5.88. The van der Waals surface area contributed by atoms with E-state index in [2.05, 4.69) is 4.98 Å². The van der Waals surface area contributed by atoms with Crippen molar-refractivity contribution >= 4 is 27.0 Å². The van der Waals surface area contributed by atoms with E-state index < -0.39 is 10.0 Å². The molecular weight excluding hydrogens is 448 g/mol. The number of fused-ring (bicyclic) bond motifs is 2. The van der Waals surface area contributed by atoms with Crippen molar-refractivity contribution < 1.29 is 13.2 Å². The maximum atomic E-state index is 13.5. The summed E-state index contributed by atoms with van der Waals surface area (Å²) in [5, 5.41) is 0. The molecule has 3 aromatic rings. The van der Waals surface area contributed by atoms with Gasteiger partial charge in [0.05, 0.1) is 22.0 Å². The number of para-hydroxylation sites is 2. The number of carbonyl (C=O) groups excluding carboxylic acids is 1. The third-order valence-corrected chi connectivity index (χ3v) is 9.66. The van der Waals surface area contributed by atoms with Crippen molar-refractivity contribution in [3.05, 3.63) is 59.4 Å². The van der Waals surface area contributed by atoms with Crippen LogP contribution in [0.4, 0.5) is 0 Å². The van der Waals surface area contributed by atoms with Gasteiger partial charge in [-0.15, -0.1) is 0 Å². The van der Waals surface area contributed by atoms with Gasteiger partial charge in [-0.2, -0.15) is 4.31 Å². The number of hydrogen-bond donors (Lipinski definition) is 1. The molecule has 178 valence electrons. The van der Waals surface area contributed by atoms with Crippen LogP contribution in [0.1, 0.15) is 55.1 Å². The Kier molecular flexibility index (Phi) is 5.45. The second-order valence-electron chi connectivity index (χ2n) is 9.79. The van der Waals surface area contributed by atoms with Crippen LogP contribution in [0, 0.1) is 5.92 Å². The molecule has 1 N–H and O–H groups in total. The van der Waals surface area contributed by atoms with Gasteiger partial charge in [0, 0.05) is 25.6 Å². The predicted octanol–water partition coefficient (Wildman–Crippen LogP) is 3.82. The van der Waals surface area contributed by atoms with E-state index in [0.717, 1.165) is 61.1 Å². The molecule has 0 radical (unpaired) electrons. The highest BCUT2D eigenvalue weighted by molar-refractivity contribution is 7.89. The van der Waals surface area contributed by atoms with Crippen LogP contribution in [0.3, 0.4) is 0 Å². The number of benzene rings is 2. The lowest BCUT2D eigenvalue weighted by molar-refractivity contribution is -0.137. The molecule has 2 aliphatic heterocycles. The average Bonchev–Trinajstić information content (AvgIpc) is 3.61. The normalized spacial score (nSPS) is 21.9. The summed E-state index contributed by atoms with van der Waals surface area (Å²) in [6.07, 6.45) is 6.07. The average molecular weight is 479 g/mol. The molecule has 7 nitrogen and oxygen atoms in total. The maximum Gasteiger partial charge on any atom is 0.243 e. The van der Waals surface area contributed by atoms with Gasteiger partial charge < -0.3 is 9.88 Å². The molecule has 1 aliphatic carbocycles. The fourth-order valence-corrected chi connectivity index (χ4v) is 7.40. The molecule has 0 spiro atoms. The van der Waals surface area contributed by atoms with Crippen molar-refractivity contribution in [2.24, 2.45) is 5.92 Å². The molecule has 0 saturated carbocycles. The SMILES string of the molecule is O=C(C1CCN(S(=O)(=O)c2ccc3c(c2)CCC3)CC1)N1CCC[C@H]1c1nc2ccccc2[nH]1. The van der Waals surface area contributed by atoms with Crippen molar-refractivity contribution in [1.82, 2.24) is 19.2 Å². The standard InChI is InChI=1S/C26H30N4O3S/c31-26(30-14-4-9-24(30)25-27-22-7-1-2-8-23(22)28-25)19-12-15-29(16-13-19)34(32,33)21-11-10-18-5-3-6-20(18)17-21/h1-2,7-8,10-11,17,19,24H,3-6,9,12-16H2,(H,27,28)/t24-/m0/s1. The quantitative estimate of drug-likeness (QED) is 0.618. The van der Waals surface area contributed by atoms with E-state index >= 15 is 0 Å². The molecule has 3 aliphatic rings. The first-order valence-electron chi connectivity index (χ1n) is 12.4. The largest absolute Gasteiger partial charge is 0.340 e. The third-order valence-electron chi connectivity index (χ3n) is 7.77. The van der Waals surface area contributed by atoms with Gasteiger partial charge in [-0.3, -0.25) is 4.79 Å². The Balaban J connectivity index is 1.14. The van der Waals surface area contributed by atoms with Gasteiger partial charge in [0.25, 0.3) is 0 Å². The Labute approximate surface area is 200 Å². The molecule has 1 aromatic heterocycles. The van der Waals surface area contributed by atoms with Crippen LogP contribution in [0.15, 0.2) is 47.4 Å². The molecule has 2 fully saturated rings. The van der Waals surface area contributed by atoms with E-state index in [4.69, 9.17) is 4.98 Å². The predicted molar refractivity (Wildman–Crippen MR) is 130 cm³/mol. The number of nitrogens with zero attached hydrogens (tertiary/aromatic N) is 3. The molecule has 0 bridgehead atoms. The molecule has 3 heterocycles. The Bertz CT molecular complexity index is 1310. The number of aromatic nitrogens is 2. The number of aryl methyl sites for hydroxylation is 2. The molecule has 2 aromatic carbocycles. The number of nitrogens with one attached hydrogen (secondary N) is 1. The number of rotatable bonds is 4. The van der Waals surface area contributed by atoms with E-state index in [1.165, 1.54) is 5.56 Å². The minimum atomic E-state index is -3.53. The van der Waals surface area contributed by atoms with E-state index in [-0.39, 0.29) is 17.9 Å². The number of piperidine rings is 1. The molecular formula is C26H30N4O3S. The summed E-state index contributed by atoms with van der Waals surface area (Å²) in [7, 11) is -3.53. The highest BCUT2D eigenvalue weighted by atomic mass is 32.2. The van der Waals surface area contributed by atoms with Gasteiger partial charge >= 0.3 is 0 Å². The molecule has 0 unspecified atom stereocenters. The maximum absolute atomic E-state index is 13.5. The lowest BCUT2D eigenvalue weighted by Gasteiger charge is -2.34. The first kappa shape index (κ1) is 21.8. The summed E-state index contributed by atoms with van der Waals surface area (Å²) < 4.78 is 28.1. The number of likely N-dealkylation sites (tertiary alicyclic amines) is 1. The van der Waals surface area contributed by atoms with Gasteiger partial charge in [-0.05, 0) is 80.3 Å². The van der Waals surface area contributed by atoms with Crippen LogP contribution in [0.5, 0.6) is 0 Å². The number of carbonyl (C=O) groups is 1. The Morgan fingerprint density at radius 2 is 1.74 bits per heavy atom. The van der Waals surface area contributed by atoms with Crippen LogP contribution in [0.25, 0.3) is 11.0 Å². The van der Waals surface area contributed by atoms with Gasteiger partial charge in [0.2, 0.25) is 15.9 Å². The van der Waals surface area contributed by atoms with Crippen molar-refractivity contribution in [2.75, 3.05) is 19.6 Å². The molecule has 1 amide bonds. The smallest absolute Gasteiger partial charge is 0.243 e. The van der Waals surface area contributed by atoms with Crippen LogP contribution < -0.4 is 0 Å². The first-order chi connectivity index (χ1) is 16.5. The summed E-state index contributed by atoms with van der Waals surface area (Å²) in [6.45, 7) is 1.51. The minimum absolute atomic E-state index is 0.0342. The molecule has 1 atom stereocenters. The Morgan fingerprint density at radius 3 is 2.56 bits per heavy atom. The van der Waals surface area contributed by atoms with Gasteiger partial charge in [0.1, 0.15) is 5.82 Å². The van der Waals surface area contributed by atoms with Crippen LogP contribution in [-0.4, -0.2) is 53.1 Å². The minimum Gasteiger partial charge on any atom is -0.340 e. The number of amides is 1. The highest BCUT2D eigenvalue weighted by Gasteiger charge is 2.38. The van der Waals surface area contributed by atoms with Crippen LogP contribution >= 0.6 is 0 Å². The monoisotopic (exact) mass is 478 g/mol. The number of aromatic amines is 1. The van der Waals surface area contributed by atoms with Crippen LogP contribution in [-0.2, 0) is 27.7 Å². The van der Waals surface area contributed by atoms with Gasteiger partial charge in [-0.1, -0.05) is 18.2 Å². The molecule has 6 rings (SSSR count). The van der Waals surface area contributed by atoms with Crippen molar-refractivity contribution in [3.8, 4) is 0 Å². The second kappa shape index (κ2) is 8.50. The molecule has 2 saturated heterocycles. The summed E-state index contributed by atoms with van der Waals surface area (Å²) in [5.41, 5.74) is 4.34. The topological polar surface area (TPSA) is 86.4 Å². The van der Waals surface area contributed by atoms with Gasteiger partial charge in [0.15, 0.2) is 0 Å². The van der Waals surface area contributed by atoms with Crippen molar-refractivity contribution in [2.45, 2.75) is 55.9 Å². The van der Waals surface area contributed by atoms with E-state index in [0.29, 0.717) is 30.8 Å². The Hall–Kier alpha value is -2.71. The number of imidazole rings is 1. The first-order valence-corrected chi connectivity index (χ1v) is 13.8. The van der Waals surface area contributed by atoms with E-state index in [1.807, 2.05) is 41.3 Å². The lowest BCUT2D eigenvalue weighted by Crippen LogP contribution is -2.44. The van der Waals surface area contributed by atoms with Gasteiger partial charge in [-0.25, -0.2) is 13.4 Å². The third kappa shape index (κ3) is 3.73. The summed E-state index contributed by atoms with van der Waals surface area (Å²) >= 11 is 0. The zero-order chi connectivity index (χ0) is 23.3. The number of H-pyrrole nitrogens is 1. The summed E-state index contributed by atoms with van der Waals surface area (Å²) in [4.78, 5) is 24.0.